The number of hydrogen-bond donors (Lipinski definition) is 1. The smallest absolute Gasteiger partial charge is 0.307 e. The summed E-state index contributed by atoms with van der Waals surface area (Å²) >= 11 is 0. The van der Waals surface area contributed by atoms with E-state index in [0.29, 0.717) is 0 Å². The fourth-order valence-corrected chi connectivity index (χ4v) is 2.87. The van der Waals surface area contributed by atoms with E-state index in [2.05, 4.69) is 0 Å². The van der Waals surface area contributed by atoms with Crippen LogP contribution in [0.25, 0.3) is 0 Å². The van der Waals surface area contributed by atoms with Crippen LogP contribution in [0.4, 0.5) is 11.4 Å². The van der Waals surface area contributed by atoms with Crippen LogP contribution in [0.2, 0.25) is 0 Å². The minimum Gasteiger partial charge on any atom is -0.481 e. The van der Waals surface area contributed by atoms with Gasteiger partial charge in [-0.25, -0.2) is 0 Å². The van der Waals surface area contributed by atoms with Gasteiger partial charge in [0, 0.05) is 45.5 Å². The van der Waals surface area contributed by atoms with E-state index < -0.39 is 11.9 Å². The highest BCUT2D eigenvalue weighted by Gasteiger charge is 2.27. The second-order valence-corrected chi connectivity index (χ2v) is 6.58. The van der Waals surface area contributed by atoms with Gasteiger partial charge in [-0.2, -0.15) is 0 Å². The number of carboxylic acids is 1. The average Bonchev–Trinajstić information content (AvgIpc) is 2.55. The molecule has 1 unspecified atom stereocenters. The van der Waals surface area contributed by atoms with E-state index in [4.69, 9.17) is 0 Å². The van der Waals surface area contributed by atoms with Crippen LogP contribution in [0, 0.1) is 5.92 Å². The summed E-state index contributed by atoms with van der Waals surface area (Å²) in [7, 11) is 7.97. The number of aliphatic carboxylic acids is 1. The molecule has 4 nitrogen and oxygen atoms in total. The highest BCUT2D eigenvalue weighted by atomic mass is 16.4. The van der Waals surface area contributed by atoms with Crippen LogP contribution < -0.4 is 9.80 Å². The monoisotopic (exact) mass is 326 g/mol. The lowest BCUT2D eigenvalue weighted by atomic mass is 9.81. The maximum absolute atomic E-state index is 11.6. The van der Waals surface area contributed by atoms with Crippen molar-refractivity contribution in [3.63, 3.8) is 0 Å². The summed E-state index contributed by atoms with van der Waals surface area (Å²) in [4.78, 5) is 15.7. The number of rotatable bonds is 6. The van der Waals surface area contributed by atoms with Crippen LogP contribution in [0.3, 0.4) is 0 Å². The maximum atomic E-state index is 11.6. The molecule has 24 heavy (non-hydrogen) atoms. The summed E-state index contributed by atoms with van der Waals surface area (Å²) in [6.07, 6.45) is 0. The van der Waals surface area contributed by atoms with E-state index in [1.807, 2.05) is 86.5 Å². The van der Waals surface area contributed by atoms with Crippen molar-refractivity contribution in [3.8, 4) is 0 Å². The Kier molecular flexibility index (Phi) is 5.50. The molecular weight excluding hydrogens is 300 g/mol. The van der Waals surface area contributed by atoms with Gasteiger partial charge in [-0.3, -0.25) is 4.79 Å². The van der Waals surface area contributed by atoms with E-state index in [1.165, 1.54) is 0 Å². The number of hydrogen-bond acceptors (Lipinski definition) is 3. The standard InChI is InChI=1S/C20H26N2O2/c1-14(20(23)24)19(15-6-10-17(11-7-15)21(2)3)16-8-12-18(13-9-16)22(4)5/h6-14,19H,1-5H3,(H,23,24). The fourth-order valence-electron chi connectivity index (χ4n) is 2.87. The topological polar surface area (TPSA) is 43.8 Å². The molecule has 2 rings (SSSR count). The zero-order valence-corrected chi connectivity index (χ0v) is 15.0. The normalized spacial score (nSPS) is 12.1. The van der Waals surface area contributed by atoms with E-state index in [9.17, 15) is 9.90 Å². The summed E-state index contributed by atoms with van der Waals surface area (Å²) in [6.45, 7) is 1.77. The van der Waals surface area contributed by atoms with Crippen molar-refractivity contribution < 1.29 is 9.90 Å². The van der Waals surface area contributed by atoms with Gasteiger partial charge in [-0.05, 0) is 35.4 Å². The lowest BCUT2D eigenvalue weighted by Gasteiger charge is -2.24. The van der Waals surface area contributed by atoms with E-state index >= 15 is 0 Å². The number of carbonyl (C=O) groups is 1. The van der Waals surface area contributed by atoms with Crippen LogP contribution in [0.1, 0.15) is 24.0 Å². The third-order valence-electron chi connectivity index (χ3n) is 4.43. The zero-order valence-electron chi connectivity index (χ0n) is 15.0. The quantitative estimate of drug-likeness (QED) is 0.879. The Balaban J connectivity index is 2.42. The first-order chi connectivity index (χ1) is 11.3. The second-order valence-electron chi connectivity index (χ2n) is 6.58. The first-order valence-electron chi connectivity index (χ1n) is 8.08. The first-order valence-corrected chi connectivity index (χ1v) is 8.08. The van der Waals surface area contributed by atoms with Gasteiger partial charge >= 0.3 is 5.97 Å². The molecule has 0 aliphatic rings. The van der Waals surface area contributed by atoms with Gasteiger partial charge in [0.25, 0.3) is 0 Å². The summed E-state index contributed by atoms with van der Waals surface area (Å²) in [5.41, 5.74) is 4.24. The SMILES string of the molecule is CC(C(=O)O)C(c1ccc(N(C)C)cc1)c1ccc(N(C)C)cc1. The van der Waals surface area contributed by atoms with Crippen LogP contribution in [0.15, 0.2) is 48.5 Å². The summed E-state index contributed by atoms with van der Waals surface area (Å²) in [5.74, 6) is -1.45. The summed E-state index contributed by atoms with van der Waals surface area (Å²) in [6, 6.07) is 16.2. The number of anilines is 2. The third-order valence-corrected chi connectivity index (χ3v) is 4.43. The van der Waals surface area contributed by atoms with Gasteiger partial charge in [0.05, 0.1) is 5.92 Å². The molecule has 2 aromatic carbocycles. The fraction of sp³-hybridized carbons (Fsp3) is 0.350. The highest BCUT2D eigenvalue weighted by Crippen LogP contribution is 2.34. The lowest BCUT2D eigenvalue weighted by Crippen LogP contribution is -2.20. The molecule has 0 aliphatic heterocycles. The Morgan fingerprint density at radius 2 is 1.12 bits per heavy atom. The van der Waals surface area contributed by atoms with Crippen LogP contribution in [-0.2, 0) is 4.79 Å². The van der Waals surface area contributed by atoms with Gasteiger partial charge < -0.3 is 14.9 Å². The molecular formula is C20H26N2O2. The Labute approximate surface area is 144 Å². The minimum absolute atomic E-state index is 0.171. The Morgan fingerprint density at radius 3 is 1.38 bits per heavy atom. The Hall–Kier alpha value is -2.49. The van der Waals surface area contributed by atoms with E-state index in [0.717, 1.165) is 22.5 Å². The van der Waals surface area contributed by atoms with Crippen molar-refractivity contribution in [2.24, 2.45) is 5.92 Å². The molecule has 1 N–H and O–H groups in total. The van der Waals surface area contributed by atoms with Crippen LogP contribution in [-0.4, -0.2) is 39.3 Å². The first kappa shape index (κ1) is 17.9. The molecule has 0 fully saturated rings. The molecule has 0 bridgehead atoms. The van der Waals surface area contributed by atoms with E-state index in [1.54, 1.807) is 6.92 Å². The molecule has 1 atom stereocenters. The molecule has 0 saturated heterocycles. The molecule has 2 aromatic rings. The molecule has 128 valence electrons. The number of nitrogens with zero attached hydrogens (tertiary/aromatic N) is 2. The molecule has 0 spiro atoms. The van der Waals surface area contributed by atoms with Gasteiger partial charge in [0.1, 0.15) is 0 Å². The predicted octanol–water partition coefficient (Wildman–Crippen LogP) is 3.67. The zero-order chi connectivity index (χ0) is 17.9. The van der Waals surface area contributed by atoms with Crippen LogP contribution in [0.5, 0.6) is 0 Å². The second kappa shape index (κ2) is 7.39. The van der Waals surface area contributed by atoms with Crippen molar-refractivity contribution in [3.05, 3.63) is 59.7 Å². The van der Waals surface area contributed by atoms with Gasteiger partial charge in [0.2, 0.25) is 0 Å². The Morgan fingerprint density at radius 1 is 0.792 bits per heavy atom. The van der Waals surface area contributed by atoms with Crippen molar-refractivity contribution in [1.82, 2.24) is 0 Å². The molecule has 4 heteroatoms. The van der Waals surface area contributed by atoms with Gasteiger partial charge in [-0.15, -0.1) is 0 Å². The summed E-state index contributed by atoms with van der Waals surface area (Å²) < 4.78 is 0. The molecule has 0 amide bonds. The third kappa shape index (κ3) is 3.88. The van der Waals surface area contributed by atoms with Gasteiger partial charge in [0.15, 0.2) is 0 Å². The van der Waals surface area contributed by atoms with Crippen LogP contribution >= 0.6 is 0 Å². The highest BCUT2D eigenvalue weighted by molar-refractivity contribution is 5.72. The van der Waals surface area contributed by atoms with Crippen molar-refractivity contribution in [2.45, 2.75) is 12.8 Å². The van der Waals surface area contributed by atoms with E-state index in [-0.39, 0.29) is 5.92 Å². The molecule has 0 heterocycles. The largest absolute Gasteiger partial charge is 0.481 e. The van der Waals surface area contributed by atoms with Crippen molar-refractivity contribution in [1.29, 1.82) is 0 Å². The maximum Gasteiger partial charge on any atom is 0.307 e. The molecule has 0 aliphatic carbocycles. The summed E-state index contributed by atoms with van der Waals surface area (Å²) in [5, 5.41) is 9.54. The Bertz CT molecular complexity index is 624. The van der Waals surface area contributed by atoms with Gasteiger partial charge in [-0.1, -0.05) is 31.2 Å². The molecule has 0 saturated carbocycles. The number of benzene rings is 2. The lowest BCUT2D eigenvalue weighted by molar-refractivity contribution is -0.141. The van der Waals surface area contributed by atoms with Crippen molar-refractivity contribution in [2.75, 3.05) is 38.0 Å². The average molecular weight is 326 g/mol. The molecule has 0 aromatic heterocycles. The van der Waals surface area contributed by atoms with Crippen molar-refractivity contribution >= 4 is 17.3 Å². The molecule has 0 radical (unpaired) electrons. The number of carboxylic acid groups (broad SMARTS) is 1. The minimum atomic E-state index is -0.784. The predicted molar refractivity (Wildman–Crippen MR) is 100 cm³/mol.